The molecule has 0 bridgehead atoms. The van der Waals surface area contributed by atoms with E-state index in [4.69, 9.17) is 18.0 Å². The molecule has 0 atom stereocenters. The van der Waals surface area contributed by atoms with Crippen LogP contribution in [-0.2, 0) is 6.54 Å². The highest BCUT2D eigenvalue weighted by Crippen LogP contribution is 2.30. The summed E-state index contributed by atoms with van der Waals surface area (Å²) in [6.07, 6.45) is 13.9. The zero-order chi connectivity index (χ0) is 15.2. The SMILES string of the molecule is C#CCn1ncc(Cl)c(NC2CCC(CCC)CC2)c1=O. The number of nitrogens with one attached hydrogen (secondary N) is 1. The summed E-state index contributed by atoms with van der Waals surface area (Å²) < 4.78 is 1.26. The zero-order valence-corrected chi connectivity index (χ0v) is 13.2. The number of hydrogen-bond donors (Lipinski definition) is 1. The lowest BCUT2D eigenvalue weighted by atomic mass is 9.83. The minimum absolute atomic E-state index is 0.161. The van der Waals surface area contributed by atoms with Crippen LogP contribution in [0.5, 0.6) is 0 Å². The number of anilines is 1. The van der Waals surface area contributed by atoms with E-state index in [0.29, 0.717) is 16.8 Å². The largest absolute Gasteiger partial charge is 0.377 e. The molecule has 0 unspecified atom stereocenters. The van der Waals surface area contributed by atoms with Gasteiger partial charge >= 0.3 is 0 Å². The predicted octanol–water partition coefficient (Wildman–Crippen LogP) is 3.30. The fourth-order valence-electron chi connectivity index (χ4n) is 3.01. The van der Waals surface area contributed by atoms with E-state index in [1.165, 1.54) is 36.6 Å². The van der Waals surface area contributed by atoms with Gasteiger partial charge in [-0.3, -0.25) is 4.79 Å². The molecule has 4 nitrogen and oxygen atoms in total. The normalized spacial score (nSPS) is 21.8. The van der Waals surface area contributed by atoms with Crippen molar-refractivity contribution in [3.63, 3.8) is 0 Å². The number of aromatic nitrogens is 2. The molecule has 21 heavy (non-hydrogen) atoms. The van der Waals surface area contributed by atoms with E-state index in [9.17, 15) is 4.79 Å². The van der Waals surface area contributed by atoms with Crippen LogP contribution in [0.15, 0.2) is 11.0 Å². The Morgan fingerprint density at radius 2 is 2.19 bits per heavy atom. The second kappa shape index (κ2) is 7.51. The van der Waals surface area contributed by atoms with Crippen LogP contribution in [0, 0.1) is 18.3 Å². The highest BCUT2D eigenvalue weighted by molar-refractivity contribution is 6.33. The van der Waals surface area contributed by atoms with Crippen molar-refractivity contribution in [1.82, 2.24) is 9.78 Å². The van der Waals surface area contributed by atoms with Crippen LogP contribution in [0.2, 0.25) is 5.02 Å². The van der Waals surface area contributed by atoms with Crippen molar-refractivity contribution in [3.8, 4) is 12.3 Å². The first kappa shape index (κ1) is 15.9. The van der Waals surface area contributed by atoms with E-state index in [0.717, 1.165) is 18.8 Å². The van der Waals surface area contributed by atoms with Crippen LogP contribution in [0.25, 0.3) is 0 Å². The smallest absolute Gasteiger partial charge is 0.292 e. The van der Waals surface area contributed by atoms with Crippen LogP contribution >= 0.6 is 11.6 Å². The first-order chi connectivity index (χ1) is 10.2. The molecule has 114 valence electrons. The Balaban J connectivity index is 2.05. The average molecular weight is 308 g/mol. The maximum atomic E-state index is 12.3. The van der Waals surface area contributed by atoms with E-state index < -0.39 is 0 Å². The molecule has 0 radical (unpaired) electrons. The van der Waals surface area contributed by atoms with Crippen LogP contribution in [-0.4, -0.2) is 15.8 Å². The van der Waals surface area contributed by atoms with Crippen molar-refractivity contribution in [2.24, 2.45) is 5.92 Å². The van der Waals surface area contributed by atoms with Gasteiger partial charge in [-0.2, -0.15) is 5.10 Å². The molecular formula is C16H22ClN3O. The first-order valence-corrected chi connectivity index (χ1v) is 7.99. The Kier molecular flexibility index (Phi) is 5.69. The molecule has 0 spiro atoms. The molecule has 0 saturated heterocycles. The van der Waals surface area contributed by atoms with Gasteiger partial charge in [-0.25, -0.2) is 4.68 Å². The van der Waals surface area contributed by atoms with E-state index in [2.05, 4.69) is 23.3 Å². The van der Waals surface area contributed by atoms with Crippen molar-refractivity contribution >= 4 is 17.3 Å². The Hall–Kier alpha value is -1.47. The lowest BCUT2D eigenvalue weighted by Gasteiger charge is -2.29. The number of rotatable bonds is 5. The van der Waals surface area contributed by atoms with E-state index >= 15 is 0 Å². The van der Waals surface area contributed by atoms with Gasteiger partial charge in [0.05, 0.1) is 11.2 Å². The van der Waals surface area contributed by atoms with Gasteiger partial charge < -0.3 is 5.32 Å². The molecule has 1 aromatic heterocycles. The molecule has 1 heterocycles. The zero-order valence-electron chi connectivity index (χ0n) is 12.4. The van der Waals surface area contributed by atoms with Crippen molar-refractivity contribution in [2.45, 2.75) is 58.0 Å². The van der Waals surface area contributed by atoms with Gasteiger partial charge in [-0.05, 0) is 31.6 Å². The van der Waals surface area contributed by atoms with E-state index in [1.807, 2.05) is 0 Å². The monoisotopic (exact) mass is 307 g/mol. The molecular weight excluding hydrogens is 286 g/mol. The summed E-state index contributed by atoms with van der Waals surface area (Å²) in [5.74, 6) is 3.26. The molecule has 1 aliphatic carbocycles. The molecule has 0 aromatic carbocycles. The number of terminal acetylenes is 1. The molecule has 1 aromatic rings. The van der Waals surface area contributed by atoms with Gasteiger partial charge in [-0.1, -0.05) is 37.3 Å². The lowest BCUT2D eigenvalue weighted by Crippen LogP contribution is -2.32. The van der Waals surface area contributed by atoms with Gasteiger partial charge in [0.2, 0.25) is 0 Å². The molecule has 0 aliphatic heterocycles. The highest BCUT2D eigenvalue weighted by atomic mass is 35.5. The first-order valence-electron chi connectivity index (χ1n) is 7.61. The highest BCUT2D eigenvalue weighted by Gasteiger charge is 2.22. The summed E-state index contributed by atoms with van der Waals surface area (Å²) in [4.78, 5) is 12.3. The Labute approximate surface area is 130 Å². The minimum atomic E-state index is -0.240. The van der Waals surface area contributed by atoms with Crippen molar-refractivity contribution in [3.05, 3.63) is 21.6 Å². The van der Waals surface area contributed by atoms with Gasteiger partial charge in [0.25, 0.3) is 5.56 Å². The summed E-state index contributed by atoms with van der Waals surface area (Å²) in [7, 11) is 0. The summed E-state index contributed by atoms with van der Waals surface area (Å²) in [5.41, 5.74) is 0.192. The maximum Gasteiger partial charge on any atom is 0.292 e. The standard InChI is InChI=1S/C16H22ClN3O/c1-3-5-12-6-8-13(9-7-12)19-15-14(17)11-18-20(10-4-2)16(15)21/h2,11-13,19H,3,5-10H2,1H3. The third-order valence-electron chi connectivity index (χ3n) is 4.13. The van der Waals surface area contributed by atoms with Gasteiger partial charge in [0, 0.05) is 6.04 Å². The van der Waals surface area contributed by atoms with Crippen LogP contribution in [0.4, 0.5) is 5.69 Å². The van der Waals surface area contributed by atoms with Crippen molar-refractivity contribution < 1.29 is 0 Å². The molecule has 1 aliphatic rings. The van der Waals surface area contributed by atoms with Gasteiger partial charge in [0.1, 0.15) is 12.2 Å². The predicted molar refractivity (Wildman–Crippen MR) is 86.6 cm³/mol. The average Bonchev–Trinajstić information content (AvgIpc) is 2.49. The summed E-state index contributed by atoms with van der Waals surface area (Å²) >= 11 is 6.11. The Morgan fingerprint density at radius 1 is 1.48 bits per heavy atom. The second-order valence-electron chi connectivity index (χ2n) is 5.69. The topological polar surface area (TPSA) is 46.9 Å². The van der Waals surface area contributed by atoms with Gasteiger partial charge in [0.15, 0.2) is 0 Å². The van der Waals surface area contributed by atoms with Crippen LogP contribution < -0.4 is 10.9 Å². The minimum Gasteiger partial charge on any atom is -0.377 e. The summed E-state index contributed by atoms with van der Waals surface area (Å²) in [6, 6.07) is 0.310. The third kappa shape index (κ3) is 4.01. The molecule has 1 fully saturated rings. The summed E-state index contributed by atoms with van der Waals surface area (Å²) in [6.45, 7) is 2.39. The lowest BCUT2D eigenvalue weighted by molar-refractivity contribution is 0.318. The van der Waals surface area contributed by atoms with Crippen molar-refractivity contribution in [2.75, 3.05) is 5.32 Å². The fourth-order valence-corrected chi connectivity index (χ4v) is 3.19. The number of hydrogen-bond acceptors (Lipinski definition) is 3. The van der Waals surface area contributed by atoms with E-state index in [1.54, 1.807) is 0 Å². The molecule has 5 heteroatoms. The van der Waals surface area contributed by atoms with Crippen LogP contribution in [0.3, 0.4) is 0 Å². The maximum absolute atomic E-state index is 12.3. The quantitative estimate of drug-likeness (QED) is 0.849. The van der Waals surface area contributed by atoms with Crippen molar-refractivity contribution in [1.29, 1.82) is 0 Å². The number of halogens is 1. The Bertz CT molecular complexity index is 568. The molecule has 2 rings (SSSR count). The second-order valence-corrected chi connectivity index (χ2v) is 6.09. The third-order valence-corrected chi connectivity index (χ3v) is 4.42. The van der Waals surface area contributed by atoms with E-state index in [-0.39, 0.29) is 12.1 Å². The molecule has 1 N–H and O–H groups in total. The fraction of sp³-hybridized carbons (Fsp3) is 0.625. The number of nitrogens with zero attached hydrogens (tertiary/aromatic N) is 2. The molecule has 0 amide bonds. The molecule has 1 saturated carbocycles. The van der Waals surface area contributed by atoms with Crippen LogP contribution in [0.1, 0.15) is 45.4 Å². The summed E-state index contributed by atoms with van der Waals surface area (Å²) in [5, 5.41) is 7.62. The van der Waals surface area contributed by atoms with Gasteiger partial charge in [-0.15, -0.1) is 6.42 Å². The Morgan fingerprint density at radius 3 is 2.81 bits per heavy atom.